The molecule has 4 heteroatoms. The maximum Gasteiger partial charge on any atom is 0.122 e. The van der Waals surface area contributed by atoms with E-state index >= 15 is 0 Å². The van der Waals surface area contributed by atoms with Crippen LogP contribution in [-0.4, -0.2) is 11.9 Å². The maximum atomic E-state index is 6.03. The minimum Gasteiger partial charge on any atom is -0.468 e. The molecule has 102 valence electrons. The third-order valence-corrected chi connectivity index (χ3v) is 3.68. The first-order valence-electron chi connectivity index (χ1n) is 6.33. The Morgan fingerprint density at radius 2 is 2.16 bits per heavy atom. The van der Waals surface area contributed by atoms with Gasteiger partial charge in [-0.05, 0) is 37.7 Å². The summed E-state index contributed by atoms with van der Waals surface area (Å²) < 4.78 is 5.49. The lowest BCUT2D eigenvalue weighted by atomic mass is 10.1. The third-order valence-electron chi connectivity index (χ3n) is 3.44. The van der Waals surface area contributed by atoms with Crippen LogP contribution in [0.5, 0.6) is 0 Å². The smallest absolute Gasteiger partial charge is 0.122 e. The summed E-state index contributed by atoms with van der Waals surface area (Å²) in [4.78, 5) is 2.21. The van der Waals surface area contributed by atoms with Gasteiger partial charge < -0.3 is 10.2 Å². The first-order chi connectivity index (χ1) is 9.11. The van der Waals surface area contributed by atoms with Gasteiger partial charge in [-0.1, -0.05) is 23.7 Å². The van der Waals surface area contributed by atoms with Crippen molar-refractivity contribution >= 4 is 11.6 Å². The van der Waals surface area contributed by atoms with Crippen LogP contribution >= 0.6 is 11.6 Å². The molecule has 2 aromatic rings. The van der Waals surface area contributed by atoms with E-state index in [0.717, 1.165) is 22.9 Å². The molecule has 0 saturated carbocycles. The maximum absolute atomic E-state index is 6.03. The van der Waals surface area contributed by atoms with Crippen molar-refractivity contribution in [2.75, 3.05) is 7.05 Å². The Bertz CT molecular complexity index is 538. The SMILES string of the molecule is CC(c1cccc(Cl)c1)N(C)Cc1occc1CN. The highest BCUT2D eigenvalue weighted by Gasteiger charge is 2.15. The number of nitrogens with two attached hydrogens (primary N) is 1. The zero-order valence-corrected chi connectivity index (χ0v) is 12.0. The molecule has 0 saturated heterocycles. The Hall–Kier alpha value is -1.29. The molecular formula is C15H19ClN2O. The van der Waals surface area contributed by atoms with E-state index in [0.29, 0.717) is 6.54 Å². The van der Waals surface area contributed by atoms with E-state index in [1.807, 2.05) is 24.3 Å². The van der Waals surface area contributed by atoms with Crippen LogP contribution in [0, 0.1) is 0 Å². The normalized spacial score (nSPS) is 12.9. The van der Waals surface area contributed by atoms with Crippen LogP contribution in [-0.2, 0) is 13.1 Å². The topological polar surface area (TPSA) is 42.4 Å². The van der Waals surface area contributed by atoms with Gasteiger partial charge in [-0.25, -0.2) is 0 Å². The van der Waals surface area contributed by atoms with Crippen molar-refractivity contribution in [3.05, 3.63) is 58.5 Å². The molecule has 0 aliphatic heterocycles. The summed E-state index contributed by atoms with van der Waals surface area (Å²) >= 11 is 6.03. The van der Waals surface area contributed by atoms with Crippen molar-refractivity contribution in [2.45, 2.75) is 26.1 Å². The molecule has 0 aliphatic rings. The molecule has 1 heterocycles. The van der Waals surface area contributed by atoms with Crippen molar-refractivity contribution in [3.63, 3.8) is 0 Å². The molecule has 1 atom stereocenters. The fourth-order valence-electron chi connectivity index (χ4n) is 2.07. The predicted molar refractivity (Wildman–Crippen MR) is 77.9 cm³/mol. The van der Waals surface area contributed by atoms with Crippen LogP contribution in [0.4, 0.5) is 0 Å². The van der Waals surface area contributed by atoms with Gasteiger partial charge in [0.1, 0.15) is 5.76 Å². The Labute approximate surface area is 119 Å². The van der Waals surface area contributed by atoms with Crippen molar-refractivity contribution in [2.24, 2.45) is 5.73 Å². The van der Waals surface area contributed by atoms with Crippen molar-refractivity contribution in [1.29, 1.82) is 0 Å². The molecule has 1 aromatic carbocycles. The van der Waals surface area contributed by atoms with E-state index in [9.17, 15) is 0 Å². The summed E-state index contributed by atoms with van der Waals surface area (Å²) in [6.45, 7) is 3.38. The van der Waals surface area contributed by atoms with Crippen LogP contribution in [0.3, 0.4) is 0 Å². The highest BCUT2D eigenvalue weighted by molar-refractivity contribution is 6.30. The molecule has 1 aromatic heterocycles. The minimum absolute atomic E-state index is 0.259. The second kappa shape index (κ2) is 6.24. The summed E-state index contributed by atoms with van der Waals surface area (Å²) in [7, 11) is 2.06. The van der Waals surface area contributed by atoms with E-state index in [2.05, 4.69) is 24.9 Å². The first kappa shape index (κ1) is 14.1. The Balaban J connectivity index is 2.09. The molecule has 1 unspecified atom stereocenters. The second-order valence-corrected chi connectivity index (χ2v) is 5.16. The lowest BCUT2D eigenvalue weighted by Crippen LogP contribution is -2.22. The molecule has 0 bridgehead atoms. The number of benzene rings is 1. The number of furan rings is 1. The van der Waals surface area contributed by atoms with Crippen LogP contribution in [0.2, 0.25) is 5.02 Å². The van der Waals surface area contributed by atoms with E-state index in [1.165, 1.54) is 5.56 Å². The predicted octanol–water partition coefficient (Wildman–Crippen LogP) is 3.58. The quantitative estimate of drug-likeness (QED) is 0.909. The Kier molecular flexibility index (Phi) is 4.64. The fraction of sp³-hybridized carbons (Fsp3) is 0.333. The molecule has 0 radical (unpaired) electrons. The molecule has 0 aliphatic carbocycles. The van der Waals surface area contributed by atoms with Gasteiger partial charge in [-0.3, -0.25) is 4.90 Å². The fourth-order valence-corrected chi connectivity index (χ4v) is 2.27. The summed E-state index contributed by atoms with van der Waals surface area (Å²) in [6.07, 6.45) is 1.69. The molecule has 0 fully saturated rings. The van der Waals surface area contributed by atoms with Crippen molar-refractivity contribution in [3.8, 4) is 0 Å². The van der Waals surface area contributed by atoms with Gasteiger partial charge >= 0.3 is 0 Å². The first-order valence-corrected chi connectivity index (χ1v) is 6.70. The standard InChI is InChI=1S/C15H19ClN2O/c1-11(12-4-3-5-14(16)8-12)18(2)10-15-13(9-17)6-7-19-15/h3-8,11H,9-10,17H2,1-2H3. The molecule has 2 N–H and O–H groups in total. The van der Waals surface area contributed by atoms with E-state index < -0.39 is 0 Å². The zero-order chi connectivity index (χ0) is 13.8. The summed E-state index contributed by atoms with van der Waals surface area (Å²) in [5.74, 6) is 0.930. The van der Waals surface area contributed by atoms with Gasteiger partial charge in [-0.15, -0.1) is 0 Å². The zero-order valence-electron chi connectivity index (χ0n) is 11.3. The lowest BCUT2D eigenvalue weighted by molar-refractivity contribution is 0.231. The van der Waals surface area contributed by atoms with Crippen LogP contribution in [0.1, 0.15) is 29.9 Å². The molecular weight excluding hydrogens is 260 g/mol. The number of hydrogen-bond donors (Lipinski definition) is 1. The van der Waals surface area contributed by atoms with E-state index in [4.69, 9.17) is 21.8 Å². The van der Waals surface area contributed by atoms with Crippen molar-refractivity contribution in [1.82, 2.24) is 4.90 Å². The van der Waals surface area contributed by atoms with Crippen molar-refractivity contribution < 1.29 is 4.42 Å². The van der Waals surface area contributed by atoms with Gasteiger partial charge in [0.05, 0.1) is 12.8 Å². The van der Waals surface area contributed by atoms with E-state index in [1.54, 1.807) is 6.26 Å². The largest absolute Gasteiger partial charge is 0.468 e. The highest BCUT2D eigenvalue weighted by Crippen LogP contribution is 2.24. The minimum atomic E-state index is 0.259. The van der Waals surface area contributed by atoms with Gasteiger partial charge in [0.25, 0.3) is 0 Å². The molecule has 2 rings (SSSR count). The van der Waals surface area contributed by atoms with Gasteiger partial charge in [-0.2, -0.15) is 0 Å². The monoisotopic (exact) mass is 278 g/mol. The van der Waals surface area contributed by atoms with Gasteiger partial charge in [0.15, 0.2) is 0 Å². The third kappa shape index (κ3) is 3.38. The number of hydrogen-bond acceptors (Lipinski definition) is 3. The molecule has 19 heavy (non-hydrogen) atoms. The van der Waals surface area contributed by atoms with Gasteiger partial charge in [0.2, 0.25) is 0 Å². The van der Waals surface area contributed by atoms with E-state index in [-0.39, 0.29) is 6.04 Å². The number of halogens is 1. The molecule has 3 nitrogen and oxygen atoms in total. The number of rotatable bonds is 5. The summed E-state index contributed by atoms with van der Waals surface area (Å²) in [6, 6.07) is 10.1. The second-order valence-electron chi connectivity index (χ2n) is 4.72. The van der Waals surface area contributed by atoms with Crippen LogP contribution < -0.4 is 5.73 Å². The molecule has 0 amide bonds. The summed E-state index contributed by atoms with van der Waals surface area (Å²) in [5.41, 5.74) is 7.93. The lowest BCUT2D eigenvalue weighted by Gasteiger charge is -2.24. The molecule has 0 spiro atoms. The Morgan fingerprint density at radius 3 is 2.84 bits per heavy atom. The number of nitrogens with zero attached hydrogens (tertiary/aromatic N) is 1. The van der Waals surface area contributed by atoms with Crippen LogP contribution in [0.25, 0.3) is 0 Å². The Morgan fingerprint density at radius 1 is 1.37 bits per heavy atom. The highest BCUT2D eigenvalue weighted by atomic mass is 35.5. The van der Waals surface area contributed by atoms with Gasteiger partial charge in [0, 0.05) is 23.2 Å². The summed E-state index contributed by atoms with van der Waals surface area (Å²) in [5, 5.41) is 0.762. The van der Waals surface area contributed by atoms with Crippen LogP contribution in [0.15, 0.2) is 41.0 Å². The average Bonchev–Trinajstić information content (AvgIpc) is 2.85. The average molecular weight is 279 g/mol.